The molecule has 34 heavy (non-hydrogen) atoms. The van der Waals surface area contributed by atoms with Gasteiger partial charge in [0.15, 0.2) is 0 Å². The maximum absolute atomic E-state index is 14.6. The van der Waals surface area contributed by atoms with Crippen molar-refractivity contribution in [2.75, 3.05) is 31.9 Å². The Balaban J connectivity index is 1.65. The van der Waals surface area contributed by atoms with E-state index in [1.807, 2.05) is 6.07 Å². The van der Waals surface area contributed by atoms with E-state index < -0.39 is 5.95 Å². The summed E-state index contributed by atoms with van der Waals surface area (Å²) in [4.78, 5) is 19.1. The van der Waals surface area contributed by atoms with E-state index in [4.69, 9.17) is 10.7 Å². The number of halogens is 1. The number of pyridine rings is 2. The normalized spacial score (nSPS) is 17.4. The SMILES string of the molecule is C=C(N=C(c1c(C2CC2)cnc(F)c1N)N1CCNCC1)c1ccnc2[nH]c(C(C)(C)C)cc12. The van der Waals surface area contributed by atoms with Crippen LogP contribution in [-0.4, -0.2) is 51.9 Å². The zero-order valence-electron chi connectivity index (χ0n) is 20.1. The molecule has 178 valence electrons. The van der Waals surface area contributed by atoms with Gasteiger partial charge in [0.05, 0.1) is 11.4 Å². The van der Waals surface area contributed by atoms with Gasteiger partial charge in [-0.3, -0.25) is 0 Å². The van der Waals surface area contributed by atoms with Gasteiger partial charge in [0.25, 0.3) is 0 Å². The van der Waals surface area contributed by atoms with E-state index in [2.05, 4.69) is 58.6 Å². The lowest BCUT2D eigenvalue weighted by molar-refractivity contribution is 0.358. The van der Waals surface area contributed by atoms with Crippen molar-refractivity contribution in [2.24, 2.45) is 4.99 Å². The van der Waals surface area contributed by atoms with Gasteiger partial charge in [0.1, 0.15) is 11.5 Å². The van der Waals surface area contributed by atoms with Gasteiger partial charge in [0, 0.05) is 66.2 Å². The number of aromatic nitrogens is 3. The highest BCUT2D eigenvalue weighted by molar-refractivity contribution is 6.07. The summed E-state index contributed by atoms with van der Waals surface area (Å²) >= 11 is 0. The van der Waals surface area contributed by atoms with E-state index >= 15 is 0 Å². The zero-order chi connectivity index (χ0) is 24.0. The summed E-state index contributed by atoms with van der Waals surface area (Å²) in [6.45, 7) is 14.0. The Hall–Kier alpha value is -3.26. The summed E-state index contributed by atoms with van der Waals surface area (Å²) in [5, 5.41) is 4.34. The van der Waals surface area contributed by atoms with Gasteiger partial charge in [-0.25, -0.2) is 15.0 Å². The number of hydrogen-bond acceptors (Lipinski definition) is 5. The van der Waals surface area contributed by atoms with Gasteiger partial charge in [-0.1, -0.05) is 27.4 Å². The molecule has 0 unspecified atom stereocenters. The monoisotopic (exact) mass is 461 g/mol. The van der Waals surface area contributed by atoms with Crippen LogP contribution in [0.1, 0.15) is 61.9 Å². The van der Waals surface area contributed by atoms with Crippen molar-refractivity contribution in [3.8, 4) is 0 Å². The van der Waals surface area contributed by atoms with E-state index in [1.54, 1.807) is 12.4 Å². The molecular formula is C26H32FN7. The van der Waals surface area contributed by atoms with Crippen LogP contribution in [0.5, 0.6) is 0 Å². The number of nitrogens with one attached hydrogen (secondary N) is 2. The molecule has 7 nitrogen and oxygen atoms in total. The van der Waals surface area contributed by atoms with Crippen LogP contribution in [0.25, 0.3) is 16.7 Å². The van der Waals surface area contributed by atoms with Gasteiger partial charge in [0.2, 0.25) is 5.95 Å². The number of aliphatic imine (C=N–C) groups is 1. The molecule has 8 heteroatoms. The zero-order valence-corrected chi connectivity index (χ0v) is 20.1. The van der Waals surface area contributed by atoms with Gasteiger partial charge in [-0.15, -0.1) is 0 Å². The number of aromatic amines is 1. The molecular weight excluding hydrogens is 429 g/mol. The average molecular weight is 462 g/mol. The number of nitrogens with zero attached hydrogens (tertiary/aromatic N) is 4. The van der Waals surface area contributed by atoms with Crippen molar-refractivity contribution in [2.45, 2.75) is 44.9 Å². The summed E-state index contributed by atoms with van der Waals surface area (Å²) in [6, 6.07) is 4.06. The molecule has 0 atom stereocenters. The summed E-state index contributed by atoms with van der Waals surface area (Å²) < 4.78 is 14.6. The average Bonchev–Trinajstić information content (AvgIpc) is 3.55. The topological polar surface area (TPSA) is 95.2 Å². The largest absolute Gasteiger partial charge is 0.394 e. The fourth-order valence-electron chi connectivity index (χ4n) is 4.50. The van der Waals surface area contributed by atoms with Crippen LogP contribution in [-0.2, 0) is 5.41 Å². The van der Waals surface area contributed by atoms with Crippen LogP contribution < -0.4 is 11.1 Å². The highest BCUT2D eigenvalue weighted by Gasteiger charge is 2.32. The van der Waals surface area contributed by atoms with Crippen molar-refractivity contribution in [3.63, 3.8) is 0 Å². The van der Waals surface area contributed by atoms with Gasteiger partial charge >= 0.3 is 0 Å². The van der Waals surface area contributed by atoms with Crippen molar-refractivity contribution < 1.29 is 4.39 Å². The lowest BCUT2D eigenvalue weighted by Crippen LogP contribution is -2.47. The van der Waals surface area contributed by atoms with Gasteiger partial charge in [-0.05, 0) is 36.5 Å². The second kappa shape index (κ2) is 8.51. The predicted octanol–water partition coefficient (Wildman–Crippen LogP) is 4.18. The van der Waals surface area contributed by atoms with Crippen LogP contribution in [0.3, 0.4) is 0 Å². The Kier molecular flexibility index (Phi) is 5.64. The third-order valence-corrected chi connectivity index (χ3v) is 6.65. The predicted molar refractivity (Wildman–Crippen MR) is 135 cm³/mol. The van der Waals surface area contributed by atoms with E-state index in [0.29, 0.717) is 23.0 Å². The molecule has 5 rings (SSSR count). The summed E-state index contributed by atoms with van der Waals surface area (Å²) in [5.74, 6) is 0.363. The number of amidine groups is 1. The maximum atomic E-state index is 14.6. The smallest absolute Gasteiger partial charge is 0.236 e. The lowest BCUT2D eigenvalue weighted by Gasteiger charge is -2.32. The van der Waals surface area contributed by atoms with E-state index in [-0.39, 0.29) is 11.1 Å². The molecule has 1 aliphatic carbocycles. The fraction of sp³-hybridized carbons (Fsp3) is 0.423. The highest BCUT2D eigenvalue weighted by Crippen LogP contribution is 2.43. The van der Waals surface area contributed by atoms with Crippen LogP contribution in [0, 0.1) is 5.95 Å². The Bertz CT molecular complexity index is 1270. The molecule has 1 aliphatic heterocycles. The summed E-state index contributed by atoms with van der Waals surface area (Å²) in [6.07, 6.45) is 5.51. The first-order valence-electron chi connectivity index (χ1n) is 11.9. The molecule has 0 bridgehead atoms. The number of nitrogens with two attached hydrogens (primary N) is 1. The molecule has 0 spiro atoms. The molecule has 2 aliphatic rings. The maximum Gasteiger partial charge on any atom is 0.236 e. The highest BCUT2D eigenvalue weighted by atomic mass is 19.1. The molecule has 3 aromatic heterocycles. The first kappa shape index (κ1) is 22.5. The minimum absolute atomic E-state index is 0.0449. The van der Waals surface area contributed by atoms with Crippen molar-refractivity contribution >= 4 is 28.3 Å². The van der Waals surface area contributed by atoms with E-state index in [9.17, 15) is 4.39 Å². The van der Waals surface area contributed by atoms with Crippen molar-refractivity contribution in [1.29, 1.82) is 0 Å². The second-order valence-corrected chi connectivity index (χ2v) is 10.2. The van der Waals surface area contributed by atoms with Gasteiger partial charge < -0.3 is 20.9 Å². The Morgan fingerprint density at radius 3 is 2.65 bits per heavy atom. The lowest BCUT2D eigenvalue weighted by atomic mass is 9.92. The molecule has 1 saturated heterocycles. The molecule has 3 aromatic rings. The number of rotatable bonds is 4. The number of H-pyrrole nitrogens is 1. The molecule has 4 N–H and O–H groups in total. The minimum Gasteiger partial charge on any atom is -0.394 e. The van der Waals surface area contributed by atoms with Crippen LogP contribution in [0.4, 0.5) is 10.1 Å². The Labute approximate surface area is 199 Å². The van der Waals surface area contributed by atoms with Crippen LogP contribution in [0.2, 0.25) is 0 Å². The van der Waals surface area contributed by atoms with Crippen molar-refractivity contribution in [3.05, 3.63) is 59.4 Å². The summed E-state index contributed by atoms with van der Waals surface area (Å²) in [7, 11) is 0. The Morgan fingerprint density at radius 1 is 1.24 bits per heavy atom. The summed E-state index contributed by atoms with van der Waals surface area (Å²) in [5.41, 5.74) is 11.3. The Morgan fingerprint density at radius 2 is 1.97 bits per heavy atom. The first-order valence-corrected chi connectivity index (χ1v) is 11.9. The molecule has 0 radical (unpaired) electrons. The third-order valence-electron chi connectivity index (χ3n) is 6.65. The third kappa shape index (κ3) is 4.18. The van der Waals surface area contributed by atoms with E-state index in [1.165, 1.54) is 0 Å². The second-order valence-electron chi connectivity index (χ2n) is 10.2. The number of anilines is 1. The molecule has 1 saturated carbocycles. The quantitative estimate of drug-likeness (QED) is 0.308. The van der Waals surface area contributed by atoms with Gasteiger partial charge in [-0.2, -0.15) is 4.39 Å². The molecule has 4 heterocycles. The first-order chi connectivity index (χ1) is 16.2. The standard InChI is InChI=1S/C26H32FN7/c1-15(17-7-8-30-24-18(17)13-20(33-24)26(2,3)4)32-25(34-11-9-29-10-12-34)21-19(16-5-6-16)14-31-23(27)22(21)28/h7-8,13-14,16,29H,1,5-6,9-12,28H2,2-4H3,(H,30,33). The molecule has 0 aromatic carbocycles. The van der Waals surface area contributed by atoms with Crippen molar-refractivity contribution in [1.82, 2.24) is 25.2 Å². The molecule has 0 amide bonds. The molecule has 2 fully saturated rings. The number of piperazine rings is 1. The number of fused-ring (bicyclic) bond motifs is 1. The fourth-order valence-corrected chi connectivity index (χ4v) is 4.50. The van der Waals surface area contributed by atoms with Crippen LogP contribution in [0.15, 0.2) is 36.1 Å². The number of hydrogen-bond donors (Lipinski definition) is 3. The van der Waals surface area contributed by atoms with E-state index in [0.717, 1.165) is 66.9 Å². The van der Waals surface area contributed by atoms with Crippen LogP contribution >= 0.6 is 0 Å². The number of nitrogen functional groups attached to an aromatic ring is 1. The minimum atomic E-state index is -0.653.